The molecule has 0 saturated carbocycles. The highest BCUT2D eigenvalue weighted by Gasteiger charge is 2.38. The second-order valence-corrected chi connectivity index (χ2v) is 22.2. The van der Waals surface area contributed by atoms with Crippen molar-refractivity contribution in [3.05, 3.63) is 0 Å². The van der Waals surface area contributed by atoms with Gasteiger partial charge in [0, 0.05) is 39.7 Å². The number of carboxylic acid groups (broad SMARTS) is 1. The molecule has 0 saturated heterocycles. The highest BCUT2D eigenvalue weighted by molar-refractivity contribution is 6.74. The van der Waals surface area contributed by atoms with Crippen molar-refractivity contribution in [3.8, 4) is 0 Å². The number of rotatable bonds is 15. The molecule has 0 aliphatic carbocycles. The van der Waals surface area contributed by atoms with Gasteiger partial charge in [-0.1, -0.05) is 41.5 Å². The van der Waals surface area contributed by atoms with Crippen molar-refractivity contribution in [2.24, 2.45) is 0 Å². The summed E-state index contributed by atoms with van der Waals surface area (Å²) in [5.41, 5.74) is 0. The van der Waals surface area contributed by atoms with E-state index in [4.69, 9.17) is 8.85 Å². The molecule has 0 aliphatic heterocycles. The topological polar surface area (TPSA) is 108 Å². The number of nitrogens with zero attached hydrogens (tertiary/aromatic N) is 2. The Bertz CT molecular complexity index is 732. The molecular formula is C25H53N3O6Si2. The smallest absolute Gasteiger partial charge is 0.326 e. The molecule has 9 nitrogen and oxygen atoms in total. The van der Waals surface area contributed by atoms with Gasteiger partial charge in [0.15, 0.2) is 16.6 Å². The number of amides is 2. The monoisotopic (exact) mass is 547 g/mol. The van der Waals surface area contributed by atoms with E-state index < -0.39 is 28.6 Å². The fraction of sp³-hybridized carbons (Fsp3) is 0.880. The summed E-state index contributed by atoms with van der Waals surface area (Å²) >= 11 is 0. The summed E-state index contributed by atoms with van der Waals surface area (Å²) in [5.74, 6) is -1.50. The molecule has 0 aliphatic rings. The van der Waals surface area contributed by atoms with Gasteiger partial charge < -0.3 is 29.1 Å². The van der Waals surface area contributed by atoms with Crippen LogP contribution >= 0.6 is 0 Å². The van der Waals surface area contributed by atoms with Crippen LogP contribution in [0.5, 0.6) is 0 Å². The predicted molar refractivity (Wildman–Crippen MR) is 150 cm³/mol. The van der Waals surface area contributed by atoms with Crippen LogP contribution in [0, 0.1) is 0 Å². The SMILES string of the molecule is CC(C(=O)O)N(C)C(=O)CCN(CCO[Si](C)(C)C(C)(C)C)C(=O)CNCCO[Si](C)(C)C(C)(C)C. The summed E-state index contributed by atoms with van der Waals surface area (Å²) in [6.07, 6.45) is 0.0500. The standard InChI is InChI=1S/C25H53N3O6Si2/c1-20(23(31)32)27(8)21(29)13-15-28(16-18-34-36(11,12)25(5,6)7)22(30)19-26-14-17-33-35(9,10)24(2,3)4/h20,26H,13-19H2,1-12H3,(H,31,32). The van der Waals surface area contributed by atoms with Gasteiger partial charge in [0.25, 0.3) is 0 Å². The van der Waals surface area contributed by atoms with Gasteiger partial charge in [0.1, 0.15) is 6.04 Å². The molecule has 0 radical (unpaired) electrons. The molecule has 2 N–H and O–H groups in total. The first kappa shape index (κ1) is 34.7. The first-order valence-corrected chi connectivity index (χ1v) is 18.7. The van der Waals surface area contributed by atoms with Crippen LogP contribution in [0.25, 0.3) is 0 Å². The zero-order valence-electron chi connectivity index (χ0n) is 24.9. The predicted octanol–water partition coefficient (Wildman–Crippen LogP) is 3.77. The zero-order valence-corrected chi connectivity index (χ0v) is 26.9. The van der Waals surface area contributed by atoms with E-state index in [9.17, 15) is 19.5 Å². The van der Waals surface area contributed by atoms with Crippen molar-refractivity contribution in [2.75, 3.05) is 46.4 Å². The van der Waals surface area contributed by atoms with Gasteiger partial charge in [-0.25, -0.2) is 4.79 Å². The second kappa shape index (κ2) is 14.0. The lowest BCUT2D eigenvalue weighted by Gasteiger charge is -2.37. The molecule has 36 heavy (non-hydrogen) atoms. The number of hydrogen-bond acceptors (Lipinski definition) is 6. The van der Waals surface area contributed by atoms with E-state index >= 15 is 0 Å². The quantitative estimate of drug-likeness (QED) is 0.237. The summed E-state index contributed by atoms with van der Waals surface area (Å²) in [5, 5.41) is 12.5. The molecule has 0 heterocycles. The Kier molecular flexibility index (Phi) is 13.5. The van der Waals surface area contributed by atoms with Crippen LogP contribution in [0.2, 0.25) is 36.3 Å². The molecule has 0 spiro atoms. The summed E-state index contributed by atoms with van der Waals surface area (Å²) in [6, 6.07) is -0.925. The molecule has 1 atom stereocenters. The van der Waals surface area contributed by atoms with Crippen molar-refractivity contribution >= 4 is 34.4 Å². The average molecular weight is 548 g/mol. The van der Waals surface area contributed by atoms with E-state index in [1.807, 2.05) is 0 Å². The third-order valence-electron chi connectivity index (χ3n) is 7.73. The van der Waals surface area contributed by atoms with E-state index in [1.54, 1.807) is 4.90 Å². The van der Waals surface area contributed by atoms with Crippen LogP contribution in [0.1, 0.15) is 54.9 Å². The fourth-order valence-electron chi connectivity index (χ4n) is 2.68. The van der Waals surface area contributed by atoms with Gasteiger partial charge in [0.2, 0.25) is 11.8 Å². The number of hydrogen-bond donors (Lipinski definition) is 2. The zero-order chi connectivity index (χ0) is 28.5. The minimum Gasteiger partial charge on any atom is -0.480 e. The van der Waals surface area contributed by atoms with Crippen molar-refractivity contribution in [1.29, 1.82) is 0 Å². The third kappa shape index (κ3) is 11.4. The Morgan fingerprint density at radius 1 is 0.861 bits per heavy atom. The Morgan fingerprint density at radius 3 is 1.78 bits per heavy atom. The Balaban J connectivity index is 5.03. The summed E-state index contributed by atoms with van der Waals surface area (Å²) in [4.78, 5) is 39.6. The highest BCUT2D eigenvalue weighted by atomic mass is 28.4. The van der Waals surface area contributed by atoms with Gasteiger partial charge in [-0.15, -0.1) is 0 Å². The van der Waals surface area contributed by atoms with Crippen molar-refractivity contribution in [3.63, 3.8) is 0 Å². The Labute approximate surface area is 221 Å². The van der Waals surface area contributed by atoms with Gasteiger partial charge in [-0.05, 0) is 43.2 Å². The van der Waals surface area contributed by atoms with E-state index in [0.717, 1.165) is 0 Å². The van der Waals surface area contributed by atoms with Gasteiger partial charge in [-0.2, -0.15) is 0 Å². The maximum Gasteiger partial charge on any atom is 0.326 e. The molecule has 2 amide bonds. The molecule has 212 valence electrons. The number of carbonyl (C=O) groups excluding carboxylic acids is 2. The maximum atomic E-state index is 13.0. The molecule has 0 aromatic rings. The minimum absolute atomic E-state index is 0.0500. The van der Waals surface area contributed by atoms with Crippen molar-refractivity contribution < 1.29 is 28.3 Å². The molecule has 0 fully saturated rings. The van der Waals surface area contributed by atoms with Gasteiger partial charge >= 0.3 is 5.97 Å². The lowest BCUT2D eigenvalue weighted by atomic mass is 10.2. The molecule has 11 heteroatoms. The number of carbonyl (C=O) groups is 3. The first-order valence-electron chi connectivity index (χ1n) is 12.9. The molecule has 0 rings (SSSR count). The maximum absolute atomic E-state index is 13.0. The largest absolute Gasteiger partial charge is 0.480 e. The Hall–Kier alpha value is -1.28. The first-order chi connectivity index (χ1) is 16.1. The van der Waals surface area contributed by atoms with Crippen molar-refractivity contribution in [2.45, 2.75) is 97.2 Å². The van der Waals surface area contributed by atoms with Crippen LogP contribution in [0.4, 0.5) is 0 Å². The lowest BCUT2D eigenvalue weighted by Crippen LogP contribution is -2.47. The molecule has 0 bridgehead atoms. The lowest BCUT2D eigenvalue weighted by molar-refractivity contribution is -0.148. The van der Waals surface area contributed by atoms with Crippen LogP contribution in [-0.4, -0.2) is 102 Å². The average Bonchev–Trinajstić information content (AvgIpc) is 2.72. The highest BCUT2D eigenvalue weighted by Crippen LogP contribution is 2.37. The number of likely N-dealkylation sites (N-methyl/N-ethyl adjacent to an activating group) is 1. The number of carboxylic acids is 1. The van der Waals surface area contributed by atoms with Crippen LogP contribution in [0.3, 0.4) is 0 Å². The van der Waals surface area contributed by atoms with E-state index in [0.29, 0.717) is 26.3 Å². The van der Waals surface area contributed by atoms with Crippen molar-refractivity contribution in [1.82, 2.24) is 15.1 Å². The van der Waals surface area contributed by atoms with Crippen LogP contribution in [-0.2, 0) is 23.2 Å². The fourth-order valence-corrected chi connectivity index (χ4v) is 4.76. The second-order valence-electron chi connectivity index (χ2n) is 12.5. The third-order valence-corrected chi connectivity index (χ3v) is 16.8. The van der Waals surface area contributed by atoms with Crippen LogP contribution in [0.15, 0.2) is 0 Å². The summed E-state index contributed by atoms with van der Waals surface area (Å²) in [6.45, 7) is 25.4. The summed E-state index contributed by atoms with van der Waals surface area (Å²) in [7, 11) is -2.34. The van der Waals surface area contributed by atoms with Gasteiger partial charge in [0.05, 0.1) is 13.2 Å². The van der Waals surface area contributed by atoms with E-state index in [1.165, 1.54) is 18.9 Å². The van der Waals surface area contributed by atoms with E-state index in [2.05, 4.69) is 73.0 Å². The minimum atomic E-state index is -1.97. The molecular weight excluding hydrogens is 494 g/mol. The molecule has 0 aromatic carbocycles. The Morgan fingerprint density at radius 2 is 1.33 bits per heavy atom. The number of aliphatic carboxylic acids is 1. The van der Waals surface area contributed by atoms with Crippen LogP contribution < -0.4 is 5.32 Å². The normalized spacial score (nSPS) is 13.9. The summed E-state index contributed by atoms with van der Waals surface area (Å²) < 4.78 is 12.4. The molecule has 0 aromatic heterocycles. The molecule has 1 unspecified atom stereocenters. The van der Waals surface area contributed by atoms with E-state index in [-0.39, 0.29) is 41.4 Å². The number of nitrogens with one attached hydrogen (secondary N) is 1. The van der Waals surface area contributed by atoms with Gasteiger partial charge in [-0.3, -0.25) is 9.59 Å².